The van der Waals surface area contributed by atoms with Gasteiger partial charge in [0.2, 0.25) is 0 Å². The number of hydrogen-bond donors (Lipinski definition) is 1. The fraction of sp³-hybridized carbons (Fsp3) is 0.125. The summed E-state index contributed by atoms with van der Waals surface area (Å²) in [4.78, 5) is 0. The van der Waals surface area contributed by atoms with Gasteiger partial charge in [0.05, 0.1) is 5.71 Å². The van der Waals surface area contributed by atoms with Crippen LogP contribution in [0.5, 0.6) is 0 Å². The van der Waals surface area contributed by atoms with E-state index in [0.717, 1.165) is 0 Å². The number of oxime groups is 1. The molecule has 0 amide bonds. The molecule has 0 fully saturated rings. The summed E-state index contributed by atoms with van der Waals surface area (Å²) in [5.41, 5.74) is 0.570. The highest BCUT2D eigenvalue weighted by Crippen LogP contribution is 2.15. The van der Waals surface area contributed by atoms with Gasteiger partial charge in [0.1, 0.15) is 5.82 Å². The second-order valence-corrected chi connectivity index (χ2v) is 3.23. The van der Waals surface area contributed by atoms with E-state index in [1.807, 2.05) is 0 Å². The van der Waals surface area contributed by atoms with E-state index in [-0.39, 0.29) is 5.71 Å². The first-order valence-corrected chi connectivity index (χ1v) is 4.08. The molecule has 0 unspecified atom stereocenters. The highest BCUT2D eigenvalue weighted by molar-refractivity contribution is 9.10. The molecule has 0 atom stereocenters. The standard InChI is InChI=1S/C8H7BrFNO/c1-5(11-12)7-3-2-6(9)4-8(7)10/h2-4,12H,1H3. The minimum atomic E-state index is -0.403. The van der Waals surface area contributed by atoms with E-state index < -0.39 is 5.82 Å². The Morgan fingerprint density at radius 2 is 2.25 bits per heavy atom. The number of nitrogens with zero attached hydrogens (tertiary/aromatic N) is 1. The molecule has 64 valence electrons. The monoisotopic (exact) mass is 231 g/mol. The summed E-state index contributed by atoms with van der Waals surface area (Å²) in [7, 11) is 0. The van der Waals surface area contributed by atoms with Crippen molar-refractivity contribution in [2.45, 2.75) is 6.92 Å². The zero-order valence-corrected chi connectivity index (χ0v) is 7.97. The Bertz CT molecular complexity index is 325. The van der Waals surface area contributed by atoms with Gasteiger partial charge in [-0.2, -0.15) is 0 Å². The van der Waals surface area contributed by atoms with Crippen LogP contribution in [0.15, 0.2) is 27.8 Å². The van der Waals surface area contributed by atoms with E-state index in [1.165, 1.54) is 13.0 Å². The molecular formula is C8H7BrFNO. The number of benzene rings is 1. The van der Waals surface area contributed by atoms with Gasteiger partial charge in [-0.3, -0.25) is 0 Å². The molecule has 0 aliphatic carbocycles. The SMILES string of the molecule is CC(=NO)c1ccc(Br)cc1F. The Morgan fingerprint density at radius 1 is 1.58 bits per heavy atom. The van der Waals surface area contributed by atoms with Crippen molar-refractivity contribution in [3.63, 3.8) is 0 Å². The largest absolute Gasteiger partial charge is 0.411 e. The van der Waals surface area contributed by atoms with Crippen LogP contribution in [0.25, 0.3) is 0 Å². The molecule has 12 heavy (non-hydrogen) atoms. The van der Waals surface area contributed by atoms with E-state index in [4.69, 9.17) is 5.21 Å². The second-order valence-electron chi connectivity index (χ2n) is 2.31. The van der Waals surface area contributed by atoms with Crippen molar-refractivity contribution in [1.82, 2.24) is 0 Å². The van der Waals surface area contributed by atoms with E-state index in [0.29, 0.717) is 10.0 Å². The predicted octanol–water partition coefficient (Wildman–Crippen LogP) is 2.79. The van der Waals surface area contributed by atoms with Crippen LogP contribution >= 0.6 is 15.9 Å². The normalized spacial score (nSPS) is 11.8. The summed E-state index contributed by atoms with van der Waals surface area (Å²) in [5.74, 6) is -0.403. The molecule has 4 heteroatoms. The Morgan fingerprint density at radius 3 is 2.75 bits per heavy atom. The van der Waals surface area contributed by atoms with Crippen LogP contribution < -0.4 is 0 Å². The minimum Gasteiger partial charge on any atom is -0.411 e. The van der Waals surface area contributed by atoms with Gasteiger partial charge in [0.25, 0.3) is 0 Å². The van der Waals surface area contributed by atoms with E-state index >= 15 is 0 Å². The van der Waals surface area contributed by atoms with Crippen LogP contribution in [-0.4, -0.2) is 10.9 Å². The second kappa shape index (κ2) is 3.67. The molecule has 1 aromatic rings. The molecule has 0 radical (unpaired) electrons. The molecule has 1 rings (SSSR count). The molecule has 0 heterocycles. The Labute approximate surface area is 77.8 Å². The zero-order valence-electron chi connectivity index (χ0n) is 6.38. The van der Waals surface area contributed by atoms with Crippen molar-refractivity contribution in [1.29, 1.82) is 0 Å². The third-order valence-electron chi connectivity index (χ3n) is 1.47. The van der Waals surface area contributed by atoms with Gasteiger partial charge < -0.3 is 5.21 Å². The molecule has 0 aliphatic rings. The lowest BCUT2D eigenvalue weighted by Gasteiger charge is -2.00. The van der Waals surface area contributed by atoms with Gasteiger partial charge in [0, 0.05) is 10.0 Å². The van der Waals surface area contributed by atoms with Crippen molar-refractivity contribution < 1.29 is 9.60 Å². The quantitative estimate of drug-likeness (QED) is 0.450. The van der Waals surface area contributed by atoms with Crippen molar-refractivity contribution in [2.24, 2.45) is 5.16 Å². The maximum atomic E-state index is 13.1. The molecule has 1 aromatic carbocycles. The molecule has 0 spiro atoms. The average molecular weight is 232 g/mol. The molecule has 0 aliphatic heterocycles. The fourth-order valence-corrected chi connectivity index (χ4v) is 1.17. The first kappa shape index (κ1) is 9.19. The smallest absolute Gasteiger partial charge is 0.133 e. The van der Waals surface area contributed by atoms with Crippen molar-refractivity contribution in [3.8, 4) is 0 Å². The number of rotatable bonds is 1. The molecule has 0 bridgehead atoms. The lowest BCUT2D eigenvalue weighted by molar-refractivity contribution is 0.319. The summed E-state index contributed by atoms with van der Waals surface area (Å²) < 4.78 is 13.7. The first-order chi connectivity index (χ1) is 5.65. The molecule has 2 nitrogen and oxygen atoms in total. The molecule has 0 aromatic heterocycles. The molecule has 1 N–H and O–H groups in total. The van der Waals surface area contributed by atoms with Crippen molar-refractivity contribution in [2.75, 3.05) is 0 Å². The van der Waals surface area contributed by atoms with E-state index in [9.17, 15) is 4.39 Å². The maximum Gasteiger partial charge on any atom is 0.133 e. The summed E-state index contributed by atoms with van der Waals surface area (Å²) in [5, 5.41) is 11.3. The van der Waals surface area contributed by atoms with Crippen LogP contribution in [0, 0.1) is 5.82 Å². The van der Waals surface area contributed by atoms with Gasteiger partial charge in [0.15, 0.2) is 0 Å². The molecule has 0 saturated carbocycles. The topological polar surface area (TPSA) is 32.6 Å². The minimum absolute atomic E-state index is 0.264. The van der Waals surface area contributed by atoms with Gasteiger partial charge in [-0.25, -0.2) is 4.39 Å². The van der Waals surface area contributed by atoms with Crippen LogP contribution in [0.3, 0.4) is 0 Å². The van der Waals surface area contributed by atoms with Crippen LogP contribution in [0.4, 0.5) is 4.39 Å². The van der Waals surface area contributed by atoms with Crippen molar-refractivity contribution in [3.05, 3.63) is 34.1 Å². The summed E-state index contributed by atoms with van der Waals surface area (Å²) >= 11 is 3.12. The highest BCUT2D eigenvalue weighted by Gasteiger charge is 2.05. The predicted molar refractivity (Wildman–Crippen MR) is 48.1 cm³/mol. The number of halogens is 2. The summed E-state index contributed by atoms with van der Waals surface area (Å²) in [6.45, 7) is 1.53. The van der Waals surface area contributed by atoms with Crippen LogP contribution in [-0.2, 0) is 0 Å². The summed E-state index contributed by atoms with van der Waals surface area (Å²) in [6, 6.07) is 4.56. The zero-order chi connectivity index (χ0) is 9.14. The molecular weight excluding hydrogens is 225 g/mol. The maximum absolute atomic E-state index is 13.1. The van der Waals surface area contributed by atoms with Gasteiger partial charge in [-0.15, -0.1) is 0 Å². The van der Waals surface area contributed by atoms with E-state index in [2.05, 4.69) is 21.1 Å². The highest BCUT2D eigenvalue weighted by atomic mass is 79.9. The lowest BCUT2D eigenvalue weighted by atomic mass is 10.1. The van der Waals surface area contributed by atoms with Gasteiger partial charge in [-0.1, -0.05) is 21.1 Å². The van der Waals surface area contributed by atoms with Crippen molar-refractivity contribution >= 4 is 21.6 Å². The summed E-state index contributed by atoms with van der Waals surface area (Å²) in [6.07, 6.45) is 0. The van der Waals surface area contributed by atoms with Gasteiger partial charge in [-0.05, 0) is 25.1 Å². The lowest BCUT2D eigenvalue weighted by Crippen LogP contribution is -1.98. The Hall–Kier alpha value is -0.900. The Kier molecular flexibility index (Phi) is 2.81. The Balaban J connectivity index is 3.18. The number of hydrogen-bond acceptors (Lipinski definition) is 2. The average Bonchev–Trinajstić information content (AvgIpc) is 2.03. The van der Waals surface area contributed by atoms with E-state index in [1.54, 1.807) is 12.1 Å². The van der Waals surface area contributed by atoms with Gasteiger partial charge >= 0.3 is 0 Å². The molecule has 0 saturated heterocycles. The van der Waals surface area contributed by atoms with Crippen LogP contribution in [0.1, 0.15) is 12.5 Å². The first-order valence-electron chi connectivity index (χ1n) is 3.29. The van der Waals surface area contributed by atoms with Crippen LogP contribution in [0.2, 0.25) is 0 Å². The third-order valence-corrected chi connectivity index (χ3v) is 1.96. The fourth-order valence-electron chi connectivity index (χ4n) is 0.837. The third kappa shape index (κ3) is 1.82.